The Hall–Kier alpha value is -2.82. The number of benzene rings is 2. The molecule has 0 amide bonds. The summed E-state index contributed by atoms with van der Waals surface area (Å²) in [6.07, 6.45) is 0.737. The second kappa shape index (κ2) is 6.66. The van der Waals surface area contributed by atoms with Crippen molar-refractivity contribution in [3.63, 3.8) is 0 Å². The molecule has 0 saturated carbocycles. The van der Waals surface area contributed by atoms with Gasteiger partial charge in [0.05, 0.1) is 16.7 Å². The monoisotopic (exact) mass is 375 g/mol. The number of nitrogens with one attached hydrogen (secondary N) is 2. The smallest absolute Gasteiger partial charge is 0.153 e. The molecule has 2 aromatic carbocycles. The van der Waals surface area contributed by atoms with E-state index in [0.29, 0.717) is 17.7 Å². The van der Waals surface area contributed by atoms with Gasteiger partial charge in [-0.3, -0.25) is 10.2 Å². The van der Waals surface area contributed by atoms with E-state index in [1.54, 1.807) is 0 Å². The number of hydrogen-bond donors (Lipinski definition) is 3. The largest absolute Gasteiger partial charge is 0.382 e. The highest BCUT2D eigenvalue weighted by Crippen LogP contribution is 2.36. The standard InChI is InChI=1S/C23H29N5/c1-11(2)18-13(5)7-8-16-20(18)17(26-25-16)10-15-9-14(6)19(12(3)4)21-22(15)27-28-23(21)24/h7-9,11-12H,10H2,1-6H3,(H,25,26)(H3,24,27,28). The molecule has 4 N–H and O–H groups in total. The van der Waals surface area contributed by atoms with E-state index in [1.165, 1.54) is 33.2 Å². The van der Waals surface area contributed by atoms with Gasteiger partial charge in [0.1, 0.15) is 0 Å². The lowest BCUT2D eigenvalue weighted by atomic mass is 9.89. The molecular weight excluding hydrogens is 346 g/mol. The summed E-state index contributed by atoms with van der Waals surface area (Å²) in [5, 5.41) is 17.7. The Labute approximate surface area is 165 Å². The fourth-order valence-corrected chi connectivity index (χ4v) is 4.72. The number of aromatic nitrogens is 4. The lowest BCUT2D eigenvalue weighted by molar-refractivity contribution is 0.863. The molecule has 4 aromatic rings. The number of fused-ring (bicyclic) bond motifs is 2. The van der Waals surface area contributed by atoms with Crippen molar-refractivity contribution in [1.82, 2.24) is 20.4 Å². The summed E-state index contributed by atoms with van der Waals surface area (Å²) in [7, 11) is 0. The molecule has 0 aliphatic carbocycles. The highest BCUT2D eigenvalue weighted by atomic mass is 15.2. The quantitative estimate of drug-likeness (QED) is 0.442. The first-order valence-electron chi connectivity index (χ1n) is 10.0. The first-order valence-corrected chi connectivity index (χ1v) is 10.0. The molecule has 4 rings (SSSR count). The fraction of sp³-hybridized carbons (Fsp3) is 0.391. The van der Waals surface area contributed by atoms with Crippen molar-refractivity contribution in [3.05, 3.63) is 51.7 Å². The van der Waals surface area contributed by atoms with Crippen LogP contribution in [0.4, 0.5) is 5.82 Å². The van der Waals surface area contributed by atoms with Gasteiger partial charge >= 0.3 is 0 Å². The number of nitrogen functional groups attached to an aromatic ring is 1. The zero-order chi connectivity index (χ0) is 20.2. The van der Waals surface area contributed by atoms with Gasteiger partial charge in [-0.25, -0.2) is 0 Å². The summed E-state index contributed by atoms with van der Waals surface area (Å²) in [5.41, 5.74) is 15.8. The van der Waals surface area contributed by atoms with Crippen LogP contribution in [-0.2, 0) is 6.42 Å². The molecule has 0 aliphatic heterocycles. The van der Waals surface area contributed by atoms with E-state index in [4.69, 9.17) is 5.73 Å². The van der Waals surface area contributed by atoms with Gasteiger partial charge in [-0.2, -0.15) is 10.2 Å². The number of rotatable bonds is 4. The number of nitrogens with zero attached hydrogens (tertiary/aromatic N) is 2. The van der Waals surface area contributed by atoms with Crippen molar-refractivity contribution in [3.8, 4) is 0 Å². The van der Waals surface area contributed by atoms with Crippen molar-refractivity contribution in [2.75, 3.05) is 5.73 Å². The molecule has 0 bridgehead atoms. The Bertz CT molecular complexity index is 1180. The Kier molecular flexibility index (Phi) is 4.41. The van der Waals surface area contributed by atoms with E-state index in [2.05, 4.69) is 80.1 Å². The molecule has 5 nitrogen and oxygen atoms in total. The van der Waals surface area contributed by atoms with Crippen LogP contribution in [-0.4, -0.2) is 20.4 Å². The summed E-state index contributed by atoms with van der Waals surface area (Å²) < 4.78 is 0. The van der Waals surface area contributed by atoms with Gasteiger partial charge in [0.2, 0.25) is 0 Å². The van der Waals surface area contributed by atoms with Crippen molar-refractivity contribution in [2.45, 2.75) is 59.8 Å². The number of aryl methyl sites for hydroxylation is 2. The molecule has 0 radical (unpaired) electrons. The molecule has 0 fully saturated rings. The third-order valence-electron chi connectivity index (χ3n) is 5.78. The van der Waals surface area contributed by atoms with Crippen LogP contribution in [0.1, 0.15) is 73.0 Å². The number of H-pyrrole nitrogens is 2. The zero-order valence-corrected chi connectivity index (χ0v) is 17.6. The predicted molar refractivity (Wildman–Crippen MR) is 117 cm³/mol. The Morgan fingerprint density at radius 2 is 1.57 bits per heavy atom. The van der Waals surface area contributed by atoms with Crippen LogP contribution < -0.4 is 5.73 Å². The molecule has 5 heteroatoms. The van der Waals surface area contributed by atoms with Crippen LogP contribution in [0.25, 0.3) is 21.8 Å². The van der Waals surface area contributed by atoms with E-state index >= 15 is 0 Å². The minimum absolute atomic E-state index is 0.387. The molecule has 0 unspecified atom stereocenters. The van der Waals surface area contributed by atoms with Crippen molar-refractivity contribution in [1.29, 1.82) is 0 Å². The van der Waals surface area contributed by atoms with Crippen LogP contribution in [0.5, 0.6) is 0 Å². The third-order valence-corrected chi connectivity index (χ3v) is 5.78. The van der Waals surface area contributed by atoms with Gasteiger partial charge in [0, 0.05) is 17.2 Å². The second-order valence-electron chi connectivity index (χ2n) is 8.50. The maximum absolute atomic E-state index is 6.24. The zero-order valence-electron chi connectivity index (χ0n) is 17.6. The SMILES string of the molecule is Cc1ccc2[nH]nc(Cc3cc(C)c(C(C)C)c4c(N)n[nH]c34)c2c1C(C)C. The first kappa shape index (κ1) is 18.5. The minimum atomic E-state index is 0.387. The normalized spacial score (nSPS) is 12.1. The Morgan fingerprint density at radius 1 is 0.893 bits per heavy atom. The van der Waals surface area contributed by atoms with Gasteiger partial charge in [-0.15, -0.1) is 0 Å². The summed E-state index contributed by atoms with van der Waals surface area (Å²) in [5.74, 6) is 1.40. The molecule has 2 heterocycles. The molecular formula is C23H29N5. The summed E-state index contributed by atoms with van der Waals surface area (Å²) >= 11 is 0. The molecule has 0 atom stereocenters. The average Bonchev–Trinajstić information content (AvgIpc) is 3.19. The maximum Gasteiger partial charge on any atom is 0.153 e. The topological polar surface area (TPSA) is 83.4 Å². The molecule has 0 spiro atoms. The fourth-order valence-electron chi connectivity index (χ4n) is 4.72. The molecule has 146 valence electrons. The van der Waals surface area contributed by atoms with Gasteiger partial charge in [-0.05, 0) is 59.6 Å². The van der Waals surface area contributed by atoms with E-state index < -0.39 is 0 Å². The van der Waals surface area contributed by atoms with E-state index in [9.17, 15) is 0 Å². The number of aromatic amines is 2. The molecule has 2 aromatic heterocycles. The van der Waals surface area contributed by atoms with Crippen LogP contribution in [0.15, 0.2) is 18.2 Å². The van der Waals surface area contributed by atoms with Gasteiger partial charge in [0.15, 0.2) is 5.82 Å². The van der Waals surface area contributed by atoms with E-state index in [-0.39, 0.29) is 0 Å². The minimum Gasteiger partial charge on any atom is -0.382 e. The maximum atomic E-state index is 6.24. The van der Waals surface area contributed by atoms with Crippen LogP contribution in [0.2, 0.25) is 0 Å². The second-order valence-corrected chi connectivity index (χ2v) is 8.50. The molecule has 0 aliphatic rings. The summed E-state index contributed by atoms with van der Waals surface area (Å²) in [4.78, 5) is 0. The van der Waals surface area contributed by atoms with Gasteiger partial charge < -0.3 is 5.73 Å². The van der Waals surface area contributed by atoms with Crippen molar-refractivity contribution in [2.24, 2.45) is 0 Å². The summed E-state index contributed by atoms with van der Waals surface area (Å²) in [6.45, 7) is 13.2. The third kappa shape index (κ3) is 2.77. The lowest BCUT2D eigenvalue weighted by Crippen LogP contribution is -2.01. The van der Waals surface area contributed by atoms with E-state index in [1.807, 2.05) is 0 Å². The van der Waals surface area contributed by atoms with Crippen molar-refractivity contribution < 1.29 is 0 Å². The predicted octanol–water partition coefficient (Wildman–Crippen LogP) is 5.48. The Morgan fingerprint density at radius 3 is 2.25 bits per heavy atom. The molecule has 0 saturated heterocycles. The molecule has 28 heavy (non-hydrogen) atoms. The van der Waals surface area contributed by atoms with Crippen molar-refractivity contribution >= 4 is 27.6 Å². The highest BCUT2D eigenvalue weighted by molar-refractivity contribution is 5.96. The Balaban J connectivity index is 1.93. The van der Waals surface area contributed by atoms with Gasteiger partial charge in [-0.1, -0.05) is 39.8 Å². The van der Waals surface area contributed by atoms with Crippen LogP contribution in [0, 0.1) is 13.8 Å². The number of hydrogen-bond acceptors (Lipinski definition) is 3. The summed E-state index contributed by atoms with van der Waals surface area (Å²) in [6, 6.07) is 6.57. The first-order chi connectivity index (χ1) is 13.3. The van der Waals surface area contributed by atoms with Gasteiger partial charge in [0.25, 0.3) is 0 Å². The van der Waals surface area contributed by atoms with Crippen LogP contribution >= 0.6 is 0 Å². The lowest BCUT2D eigenvalue weighted by Gasteiger charge is -2.15. The highest BCUT2D eigenvalue weighted by Gasteiger charge is 2.20. The number of nitrogens with two attached hydrogens (primary N) is 1. The van der Waals surface area contributed by atoms with E-state index in [0.717, 1.165) is 28.5 Å². The average molecular weight is 376 g/mol. The van der Waals surface area contributed by atoms with Crippen LogP contribution in [0.3, 0.4) is 0 Å². The number of anilines is 1.